The molecule has 0 heterocycles. The third kappa shape index (κ3) is 1.27. The maximum absolute atomic E-state index is 12.8. The molecular formula is C15H15FO. The molecule has 4 unspecified atom stereocenters. The molecule has 88 valence electrons. The number of fused-ring (bicyclic) bond motifs is 5. The Balaban J connectivity index is 1.58. The highest BCUT2D eigenvalue weighted by Gasteiger charge is 2.67. The number of rotatable bonds is 2. The Kier molecular flexibility index (Phi) is 1.84. The lowest BCUT2D eigenvalue weighted by atomic mass is 9.96. The van der Waals surface area contributed by atoms with Crippen molar-refractivity contribution in [2.45, 2.75) is 19.3 Å². The molecule has 1 aromatic carbocycles. The van der Waals surface area contributed by atoms with Gasteiger partial charge in [0.1, 0.15) is 5.82 Å². The molecule has 1 nitrogen and oxygen atoms in total. The molecule has 3 fully saturated rings. The van der Waals surface area contributed by atoms with E-state index in [9.17, 15) is 9.18 Å². The fourth-order valence-corrected chi connectivity index (χ4v) is 4.48. The van der Waals surface area contributed by atoms with Crippen LogP contribution in [0.1, 0.15) is 29.6 Å². The average Bonchev–Trinajstić information content (AvgIpc) is 2.77. The fourth-order valence-electron chi connectivity index (χ4n) is 4.48. The highest BCUT2D eigenvalue weighted by atomic mass is 19.1. The molecule has 2 bridgehead atoms. The molecule has 3 saturated carbocycles. The summed E-state index contributed by atoms with van der Waals surface area (Å²) in [4.78, 5) is 12.3. The quantitative estimate of drug-likeness (QED) is 0.712. The van der Waals surface area contributed by atoms with E-state index < -0.39 is 0 Å². The van der Waals surface area contributed by atoms with Crippen molar-refractivity contribution in [2.75, 3.05) is 0 Å². The van der Waals surface area contributed by atoms with E-state index >= 15 is 0 Å². The molecule has 0 radical (unpaired) electrons. The third-order valence-corrected chi connectivity index (χ3v) is 5.17. The SMILES string of the molecule is O=C(c1ccc(F)cc1)C1C2C3CCC(C3)C12. The maximum Gasteiger partial charge on any atom is 0.166 e. The lowest BCUT2D eigenvalue weighted by molar-refractivity contribution is 0.0944. The summed E-state index contributed by atoms with van der Waals surface area (Å²) in [6.45, 7) is 0. The van der Waals surface area contributed by atoms with E-state index in [0.717, 1.165) is 11.8 Å². The minimum atomic E-state index is -0.266. The van der Waals surface area contributed by atoms with Crippen LogP contribution in [0.3, 0.4) is 0 Å². The molecule has 0 spiro atoms. The van der Waals surface area contributed by atoms with E-state index in [-0.39, 0.29) is 17.5 Å². The molecule has 0 saturated heterocycles. The number of hydrogen-bond donors (Lipinski definition) is 0. The summed E-state index contributed by atoms with van der Waals surface area (Å²) in [6.07, 6.45) is 4.03. The van der Waals surface area contributed by atoms with Gasteiger partial charge in [0.25, 0.3) is 0 Å². The van der Waals surface area contributed by atoms with Crippen LogP contribution in [-0.4, -0.2) is 5.78 Å². The van der Waals surface area contributed by atoms with Gasteiger partial charge in [-0.25, -0.2) is 4.39 Å². The van der Waals surface area contributed by atoms with Gasteiger partial charge in [0.05, 0.1) is 0 Å². The summed E-state index contributed by atoms with van der Waals surface area (Å²) < 4.78 is 12.8. The van der Waals surface area contributed by atoms with Crippen LogP contribution < -0.4 is 0 Å². The third-order valence-electron chi connectivity index (χ3n) is 5.17. The van der Waals surface area contributed by atoms with Crippen molar-refractivity contribution in [1.82, 2.24) is 0 Å². The summed E-state index contributed by atoms with van der Waals surface area (Å²) in [6, 6.07) is 6.04. The predicted molar refractivity (Wildman–Crippen MR) is 62.0 cm³/mol. The Bertz CT molecular complexity index is 462. The van der Waals surface area contributed by atoms with Gasteiger partial charge >= 0.3 is 0 Å². The molecule has 4 rings (SSSR count). The van der Waals surface area contributed by atoms with Crippen molar-refractivity contribution >= 4 is 5.78 Å². The van der Waals surface area contributed by atoms with Crippen molar-refractivity contribution < 1.29 is 9.18 Å². The zero-order valence-electron chi connectivity index (χ0n) is 9.60. The Morgan fingerprint density at radius 2 is 1.65 bits per heavy atom. The highest BCUT2D eigenvalue weighted by Crippen LogP contribution is 2.69. The van der Waals surface area contributed by atoms with E-state index in [0.29, 0.717) is 17.4 Å². The van der Waals surface area contributed by atoms with E-state index in [2.05, 4.69) is 0 Å². The molecule has 0 aliphatic heterocycles. The molecule has 0 amide bonds. The molecule has 2 heteroatoms. The minimum absolute atomic E-state index is 0.261. The first kappa shape index (κ1) is 9.81. The van der Waals surface area contributed by atoms with Gasteiger partial charge in [0, 0.05) is 11.5 Å². The second-order valence-corrected chi connectivity index (χ2v) is 5.88. The van der Waals surface area contributed by atoms with Gasteiger partial charge in [0.15, 0.2) is 5.78 Å². The van der Waals surface area contributed by atoms with Gasteiger partial charge < -0.3 is 0 Å². The van der Waals surface area contributed by atoms with Crippen LogP contribution in [0.2, 0.25) is 0 Å². The summed E-state index contributed by atoms with van der Waals surface area (Å²) in [5.74, 6) is 3.25. The van der Waals surface area contributed by atoms with E-state index in [4.69, 9.17) is 0 Å². The Morgan fingerprint density at radius 3 is 2.24 bits per heavy atom. The molecule has 3 aliphatic carbocycles. The Morgan fingerprint density at radius 1 is 1.06 bits per heavy atom. The van der Waals surface area contributed by atoms with Crippen molar-refractivity contribution in [3.05, 3.63) is 35.6 Å². The molecule has 3 aliphatic rings. The van der Waals surface area contributed by atoms with E-state index in [1.54, 1.807) is 12.1 Å². The van der Waals surface area contributed by atoms with Gasteiger partial charge in [-0.2, -0.15) is 0 Å². The van der Waals surface area contributed by atoms with Crippen molar-refractivity contribution in [2.24, 2.45) is 29.6 Å². The minimum Gasteiger partial charge on any atom is -0.294 e. The topological polar surface area (TPSA) is 17.1 Å². The molecule has 17 heavy (non-hydrogen) atoms. The number of halogens is 1. The first-order valence-corrected chi connectivity index (χ1v) is 6.55. The van der Waals surface area contributed by atoms with Crippen LogP contribution in [0.4, 0.5) is 4.39 Å². The normalized spacial score (nSPS) is 41.4. The van der Waals surface area contributed by atoms with E-state index in [1.807, 2.05) is 0 Å². The van der Waals surface area contributed by atoms with Crippen LogP contribution in [0.5, 0.6) is 0 Å². The van der Waals surface area contributed by atoms with Crippen molar-refractivity contribution in [1.29, 1.82) is 0 Å². The molecule has 0 aromatic heterocycles. The zero-order chi connectivity index (χ0) is 11.6. The molecular weight excluding hydrogens is 215 g/mol. The second kappa shape index (κ2) is 3.18. The Hall–Kier alpha value is -1.18. The first-order valence-electron chi connectivity index (χ1n) is 6.55. The fraction of sp³-hybridized carbons (Fsp3) is 0.533. The number of hydrogen-bond acceptors (Lipinski definition) is 1. The highest BCUT2D eigenvalue weighted by molar-refractivity contribution is 6.00. The standard InChI is InChI=1S/C15H15FO/c16-11-5-3-8(4-6-11)15(17)14-12-9-1-2-10(7-9)13(12)14/h3-6,9-10,12-14H,1-2,7H2. The van der Waals surface area contributed by atoms with Crippen LogP contribution in [0.25, 0.3) is 0 Å². The second-order valence-electron chi connectivity index (χ2n) is 5.88. The van der Waals surface area contributed by atoms with Crippen LogP contribution in [0.15, 0.2) is 24.3 Å². The predicted octanol–water partition coefficient (Wildman–Crippen LogP) is 3.30. The first-order chi connectivity index (χ1) is 8.25. The van der Waals surface area contributed by atoms with Crippen LogP contribution in [0, 0.1) is 35.4 Å². The van der Waals surface area contributed by atoms with Crippen molar-refractivity contribution in [3.63, 3.8) is 0 Å². The number of Topliss-reactive ketones (excluding diaryl/α,β-unsaturated/α-hetero) is 1. The smallest absolute Gasteiger partial charge is 0.166 e. The van der Waals surface area contributed by atoms with Gasteiger partial charge in [-0.1, -0.05) is 0 Å². The number of carbonyl (C=O) groups excluding carboxylic acids is 1. The summed E-state index contributed by atoms with van der Waals surface area (Å²) in [7, 11) is 0. The van der Waals surface area contributed by atoms with Gasteiger partial charge in [-0.3, -0.25) is 4.79 Å². The summed E-state index contributed by atoms with van der Waals surface area (Å²) in [5, 5.41) is 0. The maximum atomic E-state index is 12.8. The summed E-state index contributed by atoms with van der Waals surface area (Å²) >= 11 is 0. The lowest BCUT2D eigenvalue weighted by Crippen LogP contribution is -2.10. The molecule has 0 N–H and O–H groups in total. The van der Waals surface area contributed by atoms with Gasteiger partial charge in [0.2, 0.25) is 0 Å². The van der Waals surface area contributed by atoms with Gasteiger partial charge in [-0.05, 0) is 67.2 Å². The van der Waals surface area contributed by atoms with Crippen LogP contribution in [-0.2, 0) is 0 Å². The molecule has 4 atom stereocenters. The lowest BCUT2D eigenvalue weighted by Gasteiger charge is -2.07. The Labute approximate surface area is 100 Å². The molecule has 1 aromatic rings. The average molecular weight is 230 g/mol. The number of ketones is 1. The number of benzene rings is 1. The van der Waals surface area contributed by atoms with E-state index in [1.165, 1.54) is 31.4 Å². The summed E-state index contributed by atoms with van der Waals surface area (Å²) in [5.41, 5.74) is 0.699. The van der Waals surface area contributed by atoms with Crippen LogP contribution >= 0.6 is 0 Å². The van der Waals surface area contributed by atoms with Gasteiger partial charge in [-0.15, -0.1) is 0 Å². The monoisotopic (exact) mass is 230 g/mol. The largest absolute Gasteiger partial charge is 0.294 e. The number of carbonyl (C=O) groups is 1. The zero-order valence-corrected chi connectivity index (χ0v) is 9.60. The van der Waals surface area contributed by atoms with Crippen molar-refractivity contribution in [3.8, 4) is 0 Å².